The van der Waals surface area contributed by atoms with Gasteiger partial charge in [0.25, 0.3) is 0 Å². The third-order valence-corrected chi connectivity index (χ3v) is 4.71. The Balaban J connectivity index is 2.37. The number of hydrogen-bond donors (Lipinski definition) is 1. The standard InChI is InChI=1S/C17H24N2S/c1-5-17(19-13(2)3,16-18-14(4)12-20-16)11-15-9-7-6-8-10-15/h6-10,12-13,19H,5,11H2,1-4H3. The van der Waals surface area contributed by atoms with Crippen LogP contribution in [-0.2, 0) is 12.0 Å². The highest BCUT2D eigenvalue weighted by Gasteiger charge is 2.33. The van der Waals surface area contributed by atoms with Gasteiger partial charge in [-0.3, -0.25) is 0 Å². The minimum atomic E-state index is -0.0611. The molecule has 0 aliphatic carbocycles. The van der Waals surface area contributed by atoms with E-state index in [-0.39, 0.29) is 5.54 Å². The Morgan fingerprint density at radius 2 is 1.95 bits per heavy atom. The van der Waals surface area contributed by atoms with Gasteiger partial charge in [0.2, 0.25) is 0 Å². The third-order valence-electron chi connectivity index (χ3n) is 3.55. The molecular weight excluding hydrogens is 264 g/mol. The lowest BCUT2D eigenvalue weighted by molar-refractivity contribution is 0.289. The fourth-order valence-electron chi connectivity index (χ4n) is 2.64. The van der Waals surface area contributed by atoms with E-state index in [9.17, 15) is 0 Å². The lowest BCUT2D eigenvalue weighted by atomic mass is 9.88. The Bertz CT molecular complexity index is 533. The zero-order valence-corrected chi connectivity index (χ0v) is 13.6. The van der Waals surface area contributed by atoms with Crippen molar-refractivity contribution in [2.45, 2.75) is 52.1 Å². The maximum absolute atomic E-state index is 4.76. The summed E-state index contributed by atoms with van der Waals surface area (Å²) >= 11 is 1.77. The van der Waals surface area contributed by atoms with Crippen LogP contribution in [0.25, 0.3) is 0 Å². The monoisotopic (exact) mass is 288 g/mol. The van der Waals surface area contributed by atoms with Crippen molar-refractivity contribution in [2.24, 2.45) is 0 Å². The van der Waals surface area contributed by atoms with Gasteiger partial charge < -0.3 is 5.32 Å². The Hall–Kier alpha value is -1.19. The molecule has 0 spiro atoms. The summed E-state index contributed by atoms with van der Waals surface area (Å²) in [5.41, 5.74) is 2.41. The summed E-state index contributed by atoms with van der Waals surface area (Å²) in [7, 11) is 0. The average molecular weight is 288 g/mol. The number of nitrogens with zero attached hydrogens (tertiary/aromatic N) is 1. The molecule has 1 atom stereocenters. The van der Waals surface area contributed by atoms with Crippen molar-refractivity contribution in [2.75, 3.05) is 0 Å². The molecule has 20 heavy (non-hydrogen) atoms. The summed E-state index contributed by atoms with van der Waals surface area (Å²) in [6.07, 6.45) is 2.02. The van der Waals surface area contributed by atoms with Crippen molar-refractivity contribution in [1.29, 1.82) is 0 Å². The Morgan fingerprint density at radius 1 is 1.25 bits per heavy atom. The minimum Gasteiger partial charge on any atom is -0.303 e. The average Bonchev–Trinajstić information content (AvgIpc) is 2.86. The first-order valence-corrected chi connectivity index (χ1v) is 8.18. The molecule has 1 aromatic heterocycles. The van der Waals surface area contributed by atoms with Gasteiger partial charge in [0.05, 0.1) is 5.54 Å². The maximum atomic E-state index is 4.76. The molecule has 3 heteroatoms. The second-order valence-corrected chi connectivity index (χ2v) is 6.55. The first-order chi connectivity index (χ1) is 9.55. The fraction of sp³-hybridized carbons (Fsp3) is 0.471. The molecule has 0 bridgehead atoms. The summed E-state index contributed by atoms with van der Waals surface area (Å²) in [6.45, 7) is 8.72. The van der Waals surface area contributed by atoms with Gasteiger partial charge in [-0.2, -0.15) is 0 Å². The molecular formula is C17H24N2S. The molecule has 0 fully saturated rings. The van der Waals surface area contributed by atoms with Gasteiger partial charge in [0.1, 0.15) is 5.01 Å². The normalized spacial score (nSPS) is 14.4. The molecule has 0 saturated heterocycles. The summed E-state index contributed by atoms with van der Waals surface area (Å²) in [5, 5.41) is 7.12. The van der Waals surface area contributed by atoms with Crippen molar-refractivity contribution < 1.29 is 0 Å². The molecule has 2 rings (SSSR count). The van der Waals surface area contributed by atoms with E-state index >= 15 is 0 Å². The Labute approximate surface area is 126 Å². The predicted molar refractivity (Wildman–Crippen MR) is 87.2 cm³/mol. The van der Waals surface area contributed by atoms with Crippen molar-refractivity contribution in [3.05, 3.63) is 52.0 Å². The fourth-order valence-corrected chi connectivity index (χ4v) is 3.67. The highest BCUT2D eigenvalue weighted by Crippen LogP contribution is 2.32. The van der Waals surface area contributed by atoms with Crippen LogP contribution in [0.15, 0.2) is 35.7 Å². The van der Waals surface area contributed by atoms with E-state index in [0.717, 1.165) is 18.5 Å². The zero-order valence-electron chi connectivity index (χ0n) is 12.8. The summed E-state index contributed by atoms with van der Waals surface area (Å²) in [4.78, 5) is 4.76. The second-order valence-electron chi connectivity index (χ2n) is 5.69. The van der Waals surface area contributed by atoms with E-state index in [1.165, 1.54) is 10.6 Å². The quantitative estimate of drug-likeness (QED) is 0.857. The highest BCUT2D eigenvalue weighted by atomic mass is 32.1. The third kappa shape index (κ3) is 3.47. The first-order valence-electron chi connectivity index (χ1n) is 7.30. The van der Waals surface area contributed by atoms with Crippen LogP contribution in [0.3, 0.4) is 0 Å². The van der Waals surface area contributed by atoms with E-state index in [1.54, 1.807) is 11.3 Å². The van der Waals surface area contributed by atoms with Crippen LogP contribution in [0.4, 0.5) is 0 Å². The summed E-state index contributed by atoms with van der Waals surface area (Å²) in [5.74, 6) is 0. The molecule has 0 aliphatic rings. The van der Waals surface area contributed by atoms with Gasteiger partial charge in [-0.05, 0) is 39.2 Å². The van der Waals surface area contributed by atoms with E-state index in [4.69, 9.17) is 4.98 Å². The Kier molecular flexibility index (Phi) is 4.95. The van der Waals surface area contributed by atoms with Gasteiger partial charge in [0.15, 0.2) is 0 Å². The van der Waals surface area contributed by atoms with E-state index in [2.05, 4.69) is 68.7 Å². The molecule has 0 radical (unpaired) electrons. The molecule has 1 N–H and O–H groups in total. The smallest absolute Gasteiger partial charge is 0.113 e. The Morgan fingerprint density at radius 3 is 2.45 bits per heavy atom. The number of aromatic nitrogens is 1. The molecule has 0 saturated carbocycles. The maximum Gasteiger partial charge on any atom is 0.113 e. The van der Waals surface area contributed by atoms with Crippen molar-refractivity contribution >= 4 is 11.3 Å². The van der Waals surface area contributed by atoms with Crippen LogP contribution in [0, 0.1) is 6.92 Å². The van der Waals surface area contributed by atoms with E-state index in [0.29, 0.717) is 6.04 Å². The zero-order chi connectivity index (χ0) is 14.6. The molecule has 1 unspecified atom stereocenters. The van der Waals surface area contributed by atoms with Crippen molar-refractivity contribution in [3.8, 4) is 0 Å². The largest absolute Gasteiger partial charge is 0.303 e. The van der Waals surface area contributed by atoms with Crippen LogP contribution < -0.4 is 5.32 Å². The van der Waals surface area contributed by atoms with Gasteiger partial charge >= 0.3 is 0 Å². The molecule has 2 aromatic rings. The number of benzene rings is 1. The SMILES string of the molecule is CCC(Cc1ccccc1)(NC(C)C)c1nc(C)cs1. The van der Waals surface area contributed by atoms with Gasteiger partial charge in [-0.1, -0.05) is 37.3 Å². The van der Waals surface area contributed by atoms with Crippen LogP contribution in [0.5, 0.6) is 0 Å². The predicted octanol–water partition coefficient (Wildman–Crippen LogP) is 4.30. The lowest BCUT2D eigenvalue weighted by Gasteiger charge is -2.34. The number of hydrogen-bond acceptors (Lipinski definition) is 3. The van der Waals surface area contributed by atoms with Crippen LogP contribution in [-0.4, -0.2) is 11.0 Å². The number of nitrogens with one attached hydrogen (secondary N) is 1. The first kappa shape index (κ1) is 15.2. The van der Waals surface area contributed by atoms with E-state index < -0.39 is 0 Å². The second kappa shape index (κ2) is 6.51. The minimum absolute atomic E-state index is 0.0611. The highest BCUT2D eigenvalue weighted by molar-refractivity contribution is 7.09. The van der Waals surface area contributed by atoms with Gasteiger partial charge in [-0.15, -0.1) is 11.3 Å². The summed E-state index contributed by atoms with van der Waals surface area (Å²) < 4.78 is 0. The molecule has 108 valence electrons. The topological polar surface area (TPSA) is 24.9 Å². The summed E-state index contributed by atoms with van der Waals surface area (Å²) in [6, 6.07) is 11.1. The van der Waals surface area contributed by atoms with Gasteiger partial charge in [0, 0.05) is 17.1 Å². The van der Waals surface area contributed by atoms with Crippen LogP contribution in [0.1, 0.15) is 43.5 Å². The molecule has 0 aliphatic heterocycles. The molecule has 0 amide bonds. The number of aryl methyl sites for hydroxylation is 1. The molecule has 1 aromatic carbocycles. The van der Waals surface area contributed by atoms with Crippen molar-refractivity contribution in [3.63, 3.8) is 0 Å². The molecule has 2 nitrogen and oxygen atoms in total. The molecule has 1 heterocycles. The van der Waals surface area contributed by atoms with Crippen LogP contribution >= 0.6 is 11.3 Å². The van der Waals surface area contributed by atoms with Crippen LogP contribution in [0.2, 0.25) is 0 Å². The van der Waals surface area contributed by atoms with E-state index in [1.807, 2.05) is 0 Å². The number of thiazole rings is 1. The van der Waals surface area contributed by atoms with Crippen molar-refractivity contribution in [1.82, 2.24) is 10.3 Å². The number of rotatable bonds is 6. The lowest BCUT2D eigenvalue weighted by Crippen LogP contribution is -2.47. The van der Waals surface area contributed by atoms with Gasteiger partial charge in [-0.25, -0.2) is 4.98 Å².